The van der Waals surface area contributed by atoms with Gasteiger partial charge in [0.05, 0.1) is 22.3 Å². The number of thioether (sulfide) groups is 1. The van der Waals surface area contributed by atoms with Crippen molar-refractivity contribution in [2.24, 2.45) is 0 Å². The van der Waals surface area contributed by atoms with Gasteiger partial charge in [-0.15, -0.1) is 10.2 Å². The van der Waals surface area contributed by atoms with Crippen molar-refractivity contribution in [2.45, 2.75) is 25.9 Å². The second-order valence-electron chi connectivity index (χ2n) is 8.42. The molecule has 1 amide bonds. The van der Waals surface area contributed by atoms with E-state index >= 15 is 0 Å². The quantitative estimate of drug-likeness (QED) is 0.359. The molecule has 0 fully saturated rings. The number of benzene rings is 3. The molecule has 176 valence electrons. The zero-order valence-electron chi connectivity index (χ0n) is 19.4. The molecule has 0 bridgehead atoms. The molecule has 0 aliphatic carbocycles. The molecule has 0 radical (unpaired) electrons. The molecule has 0 unspecified atom stereocenters. The summed E-state index contributed by atoms with van der Waals surface area (Å²) in [5.41, 5.74) is 4.11. The van der Waals surface area contributed by atoms with Crippen LogP contribution in [0.4, 0.5) is 10.1 Å². The molecule has 7 nitrogen and oxygen atoms in total. The summed E-state index contributed by atoms with van der Waals surface area (Å²) < 4.78 is 17.2. The molecule has 35 heavy (non-hydrogen) atoms. The van der Waals surface area contributed by atoms with E-state index in [0.717, 1.165) is 11.1 Å². The zero-order chi connectivity index (χ0) is 24.7. The molecule has 9 heteroatoms. The minimum atomic E-state index is -0.380. The fraction of sp³-hybridized carbons (Fsp3) is 0.154. The van der Waals surface area contributed by atoms with Gasteiger partial charge in [0.15, 0.2) is 5.16 Å². The van der Waals surface area contributed by atoms with Gasteiger partial charge in [0.2, 0.25) is 11.7 Å². The zero-order valence-corrected chi connectivity index (χ0v) is 20.2. The third-order valence-electron chi connectivity index (χ3n) is 5.65. The molecule has 0 atom stereocenters. The molecule has 0 saturated carbocycles. The maximum absolute atomic E-state index is 13.8. The third kappa shape index (κ3) is 4.30. The van der Waals surface area contributed by atoms with E-state index in [4.69, 9.17) is 0 Å². The largest absolute Gasteiger partial charge is 0.325 e. The Bertz CT molecular complexity index is 1650. The van der Waals surface area contributed by atoms with Crippen molar-refractivity contribution in [3.63, 3.8) is 0 Å². The van der Waals surface area contributed by atoms with Gasteiger partial charge in [0.1, 0.15) is 5.82 Å². The van der Waals surface area contributed by atoms with Crippen LogP contribution in [0.1, 0.15) is 16.7 Å². The SMILES string of the molecule is Cc1cc(C)cc(-n2c(=O)c3ccccc3n3c(SCC(=O)Nc4ccc(C)c(F)c4)nnc23)c1. The van der Waals surface area contributed by atoms with Crippen molar-refractivity contribution >= 4 is 40.0 Å². The Balaban J connectivity index is 1.55. The number of para-hydroxylation sites is 1. The van der Waals surface area contributed by atoms with Crippen molar-refractivity contribution in [1.29, 1.82) is 0 Å². The molecule has 2 heterocycles. The normalized spacial score (nSPS) is 11.3. The van der Waals surface area contributed by atoms with E-state index in [0.29, 0.717) is 38.8 Å². The van der Waals surface area contributed by atoms with E-state index in [2.05, 4.69) is 15.5 Å². The Kier molecular flexibility index (Phi) is 5.86. The number of carbonyl (C=O) groups is 1. The Labute approximate surface area is 204 Å². The lowest BCUT2D eigenvalue weighted by Gasteiger charge is -2.12. The molecule has 2 aromatic heterocycles. The highest BCUT2D eigenvalue weighted by molar-refractivity contribution is 7.99. The number of halogens is 1. The van der Waals surface area contributed by atoms with Crippen LogP contribution >= 0.6 is 11.8 Å². The van der Waals surface area contributed by atoms with E-state index in [-0.39, 0.29) is 23.0 Å². The van der Waals surface area contributed by atoms with Gasteiger partial charge in [-0.25, -0.2) is 8.96 Å². The van der Waals surface area contributed by atoms with Crippen molar-refractivity contribution in [1.82, 2.24) is 19.2 Å². The van der Waals surface area contributed by atoms with Gasteiger partial charge in [0, 0.05) is 5.69 Å². The minimum Gasteiger partial charge on any atom is -0.325 e. The number of nitrogens with zero attached hydrogens (tertiary/aromatic N) is 4. The van der Waals surface area contributed by atoms with E-state index in [1.165, 1.54) is 17.8 Å². The van der Waals surface area contributed by atoms with Crippen LogP contribution in [0.3, 0.4) is 0 Å². The first kappa shape index (κ1) is 22.8. The molecule has 0 aliphatic heterocycles. The summed E-state index contributed by atoms with van der Waals surface area (Å²) >= 11 is 1.19. The predicted molar refractivity (Wildman–Crippen MR) is 136 cm³/mol. The van der Waals surface area contributed by atoms with Gasteiger partial charge < -0.3 is 5.32 Å². The number of nitrogens with one attached hydrogen (secondary N) is 1. The van der Waals surface area contributed by atoms with Crippen LogP contribution in [0.15, 0.2) is 70.6 Å². The van der Waals surface area contributed by atoms with Gasteiger partial charge in [-0.2, -0.15) is 0 Å². The summed E-state index contributed by atoms with van der Waals surface area (Å²) in [5.74, 6) is -0.285. The highest BCUT2D eigenvalue weighted by Gasteiger charge is 2.19. The summed E-state index contributed by atoms with van der Waals surface area (Å²) in [6.45, 7) is 5.61. The Morgan fingerprint density at radius 1 is 1.00 bits per heavy atom. The Morgan fingerprint density at radius 3 is 2.49 bits per heavy atom. The van der Waals surface area contributed by atoms with Crippen molar-refractivity contribution in [3.8, 4) is 5.69 Å². The number of aryl methyl sites for hydroxylation is 3. The van der Waals surface area contributed by atoms with Crippen LogP contribution in [0.2, 0.25) is 0 Å². The molecule has 5 rings (SSSR count). The number of anilines is 1. The summed E-state index contributed by atoms with van der Waals surface area (Å²) in [6, 6.07) is 17.7. The van der Waals surface area contributed by atoms with Crippen LogP contribution < -0.4 is 10.9 Å². The highest BCUT2D eigenvalue weighted by atomic mass is 32.2. The van der Waals surface area contributed by atoms with E-state index in [9.17, 15) is 14.0 Å². The first-order chi connectivity index (χ1) is 16.8. The van der Waals surface area contributed by atoms with Crippen molar-refractivity contribution < 1.29 is 9.18 Å². The predicted octanol–water partition coefficient (Wildman–Crippen LogP) is 4.83. The highest BCUT2D eigenvalue weighted by Crippen LogP contribution is 2.24. The molecule has 0 spiro atoms. The van der Waals surface area contributed by atoms with Crippen molar-refractivity contribution in [2.75, 3.05) is 11.1 Å². The number of hydrogen-bond donors (Lipinski definition) is 1. The molecular formula is C26H22FN5O2S. The number of hydrogen-bond acceptors (Lipinski definition) is 5. The summed E-state index contributed by atoms with van der Waals surface area (Å²) in [6.07, 6.45) is 0. The van der Waals surface area contributed by atoms with Gasteiger partial charge in [-0.05, 0) is 73.9 Å². The number of aromatic nitrogens is 4. The number of rotatable bonds is 5. The monoisotopic (exact) mass is 487 g/mol. The smallest absolute Gasteiger partial charge is 0.267 e. The van der Waals surface area contributed by atoms with Crippen molar-refractivity contribution in [3.05, 3.63) is 93.5 Å². The van der Waals surface area contributed by atoms with Crippen LogP contribution in [-0.4, -0.2) is 30.8 Å². The van der Waals surface area contributed by atoms with Gasteiger partial charge >= 0.3 is 0 Å². The number of amides is 1. The average molecular weight is 488 g/mol. The van der Waals surface area contributed by atoms with Gasteiger partial charge in [-0.3, -0.25) is 14.0 Å². The molecule has 3 aromatic carbocycles. The fourth-order valence-electron chi connectivity index (χ4n) is 4.08. The third-order valence-corrected chi connectivity index (χ3v) is 6.58. The molecule has 1 N–H and O–H groups in total. The Morgan fingerprint density at radius 2 is 1.74 bits per heavy atom. The molecule has 5 aromatic rings. The summed E-state index contributed by atoms with van der Waals surface area (Å²) in [4.78, 5) is 26.0. The summed E-state index contributed by atoms with van der Waals surface area (Å²) in [7, 11) is 0. The second kappa shape index (κ2) is 8.99. The maximum atomic E-state index is 13.8. The van der Waals surface area contributed by atoms with Crippen LogP contribution in [0, 0.1) is 26.6 Å². The lowest BCUT2D eigenvalue weighted by atomic mass is 10.1. The molecule has 0 saturated heterocycles. The minimum absolute atomic E-state index is 0.0350. The van der Waals surface area contributed by atoms with Crippen LogP contribution in [0.25, 0.3) is 22.4 Å². The topological polar surface area (TPSA) is 81.3 Å². The van der Waals surface area contributed by atoms with Crippen LogP contribution in [0.5, 0.6) is 0 Å². The number of fused-ring (bicyclic) bond motifs is 3. The lowest BCUT2D eigenvalue weighted by molar-refractivity contribution is -0.113. The van der Waals surface area contributed by atoms with E-state index in [1.807, 2.05) is 50.2 Å². The van der Waals surface area contributed by atoms with Crippen LogP contribution in [-0.2, 0) is 4.79 Å². The first-order valence-corrected chi connectivity index (χ1v) is 12.0. The fourth-order valence-corrected chi connectivity index (χ4v) is 4.82. The van der Waals surface area contributed by atoms with Gasteiger partial charge in [-0.1, -0.05) is 36.0 Å². The number of carbonyl (C=O) groups excluding carboxylic acids is 1. The maximum Gasteiger partial charge on any atom is 0.267 e. The van der Waals surface area contributed by atoms with E-state index in [1.54, 1.807) is 34.1 Å². The molecular weight excluding hydrogens is 465 g/mol. The first-order valence-electron chi connectivity index (χ1n) is 11.0. The summed E-state index contributed by atoms with van der Waals surface area (Å²) in [5, 5.41) is 12.3. The standard InChI is InChI=1S/C26H22FN5O2S/c1-15-10-16(2)12-19(11-15)31-24(34)20-6-4-5-7-22(20)32-25(31)29-30-26(32)35-14-23(33)28-18-9-8-17(3)21(27)13-18/h4-13H,14H2,1-3H3,(H,28,33). The Hall–Kier alpha value is -3.98. The molecule has 0 aliphatic rings. The van der Waals surface area contributed by atoms with Gasteiger partial charge in [0.25, 0.3) is 5.56 Å². The average Bonchev–Trinajstić information content (AvgIpc) is 3.23. The lowest BCUT2D eigenvalue weighted by Crippen LogP contribution is -2.22. The van der Waals surface area contributed by atoms with E-state index < -0.39 is 0 Å². The second-order valence-corrected chi connectivity index (χ2v) is 9.36.